The van der Waals surface area contributed by atoms with Gasteiger partial charge in [0.15, 0.2) is 11.5 Å². The minimum absolute atomic E-state index is 0.291. The third kappa shape index (κ3) is 3.97. The normalized spacial score (nSPS) is 10.4. The molecule has 0 heterocycles. The molecule has 1 amide bonds. The summed E-state index contributed by atoms with van der Waals surface area (Å²) in [5.41, 5.74) is 6.52. The van der Waals surface area contributed by atoms with E-state index in [1.54, 1.807) is 24.3 Å². The van der Waals surface area contributed by atoms with Gasteiger partial charge >= 0.3 is 0 Å². The zero-order chi connectivity index (χ0) is 16.3. The highest BCUT2D eigenvalue weighted by Gasteiger charge is 2.14. The minimum atomic E-state index is -0.521. The summed E-state index contributed by atoms with van der Waals surface area (Å²) >= 11 is 13.9. The van der Waals surface area contributed by atoms with E-state index in [1.165, 1.54) is 7.11 Å². The first-order chi connectivity index (χ1) is 10.4. The van der Waals surface area contributed by atoms with Gasteiger partial charge in [-0.1, -0.05) is 29.3 Å². The number of hydrogen-bond donors (Lipinski definition) is 1. The molecule has 0 bridgehead atoms. The fourth-order valence-corrected chi connectivity index (χ4v) is 2.86. The second-order valence-electron chi connectivity index (χ2n) is 4.39. The highest BCUT2D eigenvalue weighted by molar-refractivity contribution is 14.1. The molecule has 0 saturated heterocycles. The fourth-order valence-electron chi connectivity index (χ4n) is 1.79. The summed E-state index contributed by atoms with van der Waals surface area (Å²) in [7, 11) is 1.50. The number of benzene rings is 2. The van der Waals surface area contributed by atoms with Crippen LogP contribution in [-0.2, 0) is 6.61 Å². The molecule has 0 aliphatic carbocycles. The number of methoxy groups -OCH3 is 1. The smallest absolute Gasteiger partial charge is 0.248 e. The Labute approximate surface area is 151 Å². The number of amides is 1. The van der Waals surface area contributed by atoms with Crippen LogP contribution in [0, 0.1) is 3.57 Å². The van der Waals surface area contributed by atoms with Crippen molar-refractivity contribution in [3.63, 3.8) is 0 Å². The Bertz CT molecular complexity index is 722. The lowest BCUT2D eigenvalue weighted by Gasteiger charge is -2.14. The van der Waals surface area contributed by atoms with Gasteiger partial charge in [0.1, 0.15) is 6.61 Å². The highest BCUT2D eigenvalue weighted by atomic mass is 127. The van der Waals surface area contributed by atoms with E-state index < -0.39 is 5.91 Å². The Kier molecular flexibility index (Phi) is 5.77. The zero-order valence-corrected chi connectivity index (χ0v) is 15.2. The van der Waals surface area contributed by atoms with E-state index in [0.29, 0.717) is 33.7 Å². The number of carbonyl (C=O) groups excluding carboxylic acids is 1. The lowest BCUT2D eigenvalue weighted by atomic mass is 10.2. The van der Waals surface area contributed by atoms with Gasteiger partial charge in [0.2, 0.25) is 5.91 Å². The Hall–Kier alpha value is -1.18. The van der Waals surface area contributed by atoms with Crippen molar-refractivity contribution < 1.29 is 14.3 Å². The van der Waals surface area contributed by atoms with Crippen molar-refractivity contribution in [3.05, 3.63) is 55.1 Å². The molecule has 7 heteroatoms. The zero-order valence-electron chi connectivity index (χ0n) is 11.5. The summed E-state index contributed by atoms with van der Waals surface area (Å²) in [4.78, 5) is 11.3. The standard InChI is InChI=1S/C15H12Cl2INO3/c1-21-13-6-9(15(19)20)5-12(18)14(13)22-7-8-2-3-10(16)11(17)4-8/h2-6H,7H2,1H3,(H2,19,20). The second kappa shape index (κ2) is 7.39. The van der Waals surface area contributed by atoms with E-state index in [4.69, 9.17) is 38.4 Å². The maximum absolute atomic E-state index is 11.3. The molecule has 0 unspecified atom stereocenters. The third-order valence-corrected chi connectivity index (χ3v) is 4.42. The predicted octanol–water partition coefficient (Wildman–Crippen LogP) is 4.28. The molecular weight excluding hydrogens is 440 g/mol. The van der Waals surface area contributed by atoms with Crippen LogP contribution in [0.4, 0.5) is 0 Å². The van der Waals surface area contributed by atoms with E-state index >= 15 is 0 Å². The van der Waals surface area contributed by atoms with Crippen LogP contribution in [0.3, 0.4) is 0 Å². The van der Waals surface area contributed by atoms with Crippen LogP contribution < -0.4 is 15.2 Å². The molecule has 4 nitrogen and oxygen atoms in total. The minimum Gasteiger partial charge on any atom is -0.493 e. The van der Waals surface area contributed by atoms with E-state index in [2.05, 4.69) is 22.6 Å². The van der Waals surface area contributed by atoms with Crippen molar-refractivity contribution in [2.24, 2.45) is 5.73 Å². The second-order valence-corrected chi connectivity index (χ2v) is 6.37. The van der Waals surface area contributed by atoms with Gasteiger partial charge < -0.3 is 15.2 Å². The van der Waals surface area contributed by atoms with Gasteiger partial charge in [-0.2, -0.15) is 0 Å². The van der Waals surface area contributed by atoms with Crippen molar-refractivity contribution in [1.29, 1.82) is 0 Å². The van der Waals surface area contributed by atoms with Crippen LogP contribution in [0.1, 0.15) is 15.9 Å². The van der Waals surface area contributed by atoms with Gasteiger partial charge in [0.25, 0.3) is 0 Å². The molecule has 0 fully saturated rings. The topological polar surface area (TPSA) is 61.5 Å². The largest absolute Gasteiger partial charge is 0.493 e. The Morgan fingerprint density at radius 1 is 1.23 bits per heavy atom. The number of halogens is 3. The molecule has 0 atom stereocenters. The van der Waals surface area contributed by atoms with Crippen molar-refractivity contribution in [3.8, 4) is 11.5 Å². The third-order valence-electron chi connectivity index (χ3n) is 2.88. The van der Waals surface area contributed by atoms with Crippen molar-refractivity contribution in [1.82, 2.24) is 0 Å². The van der Waals surface area contributed by atoms with E-state index in [-0.39, 0.29) is 0 Å². The first-order valence-corrected chi connectivity index (χ1v) is 8.00. The summed E-state index contributed by atoms with van der Waals surface area (Å²) in [5.74, 6) is 0.465. The fraction of sp³-hybridized carbons (Fsp3) is 0.133. The number of ether oxygens (including phenoxy) is 2. The highest BCUT2D eigenvalue weighted by Crippen LogP contribution is 2.34. The first-order valence-electron chi connectivity index (χ1n) is 6.16. The average Bonchev–Trinajstić information content (AvgIpc) is 2.48. The maximum atomic E-state index is 11.3. The summed E-state index contributed by atoms with van der Waals surface area (Å²) in [6, 6.07) is 8.47. The Morgan fingerprint density at radius 3 is 2.55 bits per heavy atom. The molecule has 0 spiro atoms. The van der Waals surface area contributed by atoms with Gasteiger partial charge in [-0.3, -0.25) is 4.79 Å². The van der Waals surface area contributed by atoms with Gasteiger partial charge in [0.05, 0.1) is 20.7 Å². The van der Waals surface area contributed by atoms with Crippen LogP contribution >= 0.6 is 45.8 Å². The van der Waals surface area contributed by atoms with Crippen molar-refractivity contribution >= 4 is 51.7 Å². The Morgan fingerprint density at radius 2 is 1.95 bits per heavy atom. The Balaban J connectivity index is 2.25. The molecule has 116 valence electrons. The molecule has 0 saturated carbocycles. The van der Waals surface area contributed by atoms with Crippen LogP contribution in [0.25, 0.3) is 0 Å². The molecule has 2 N–H and O–H groups in total. The lowest BCUT2D eigenvalue weighted by molar-refractivity contribution is 0.1000. The molecule has 0 radical (unpaired) electrons. The van der Waals surface area contributed by atoms with E-state index in [0.717, 1.165) is 9.13 Å². The van der Waals surface area contributed by atoms with Crippen molar-refractivity contribution in [2.75, 3.05) is 7.11 Å². The number of primary amides is 1. The maximum Gasteiger partial charge on any atom is 0.248 e. The molecule has 0 aliphatic heterocycles. The first kappa shape index (κ1) is 17.2. The van der Waals surface area contributed by atoms with E-state index in [9.17, 15) is 4.79 Å². The molecule has 2 rings (SSSR count). The van der Waals surface area contributed by atoms with Gasteiger partial charge in [-0.05, 0) is 52.4 Å². The summed E-state index contributed by atoms with van der Waals surface area (Å²) in [6.45, 7) is 0.291. The average molecular weight is 452 g/mol. The van der Waals surface area contributed by atoms with Crippen LogP contribution in [0.15, 0.2) is 30.3 Å². The summed E-state index contributed by atoms with van der Waals surface area (Å²) in [6.07, 6.45) is 0. The van der Waals surface area contributed by atoms with Crippen LogP contribution in [-0.4, -0.2) is 13.0 Å². The molecule has 0 aliphatic rings. The van der Waals surface area contributed by atoms with Crippen molar-refractivity contribution in [2.45, 2.75) is 6.61 Å². The SMILES string of the molecule is COc1cc(C(N)=O)cc(I)c1OCc1ccc(Cl)c(Cl)c1. The summed E-state index contributed by atoms with van der Waals surface area (Å²) < 4.78 is 11.8. The van der Waals surface area contributed by atoms with Crippen LogP contribution in [0.2, 0.25) is 10.0 Å². The molecule has 22 heavy (non-hydrogen) atoms. The monoisotopic (exact) mass is 451 g/mol. The number of rotatable bonds is 5. The molecular formula is C15H12Cl2INO3. The number of nitrogens with two attached hydrogens (primary N) is 1. The molecule has 2 aromatic rings. The van der Waals surface area contributed by atoms with E-state index in [1.807, 2.05) is 6.07 Å². The van der Waals surface area contributed by atoms with Gasteiger partial charge in [-0.15, -0.1) is 0 Å². The lowest BCUT2D eigenvalue weighted by Crippen LogP contribution is -2.12. The number of hydrogen-bond acceptors (Lipinski definition) is 3. The van der Waals surface area contributed by atoms with Crippen LogP contribution in [0.5, 0.6) is 11.5 Å². The number of carbonyl (C=O) groups is 1. The quantitative estimate of drug-likeness (QED) is 0.690. The van der Waals surface area contributed by atoms with Gasteiger partial charge in [-0.25, -0.2) is 0 Å². The predicted molar refractivity (Wildman–Crippen MR) is 95.0 cm³/mol. The van der Waals surface area contributed by atoms with Gasteiger partial charge in [0, 0.05) is 5.56 Å². The summed E-state index contributed by atoms with van der Waals surface area (Å²) in [5, 5.41) is 0.955. The molecule has 0 aromatic heterocycles. The molecule has 2 aromatic carbocycles.